The number of rotatable bonds is 5. The zero-order valence-electron chi connectivity index (χ0n) is 16.2. The lowest BCUT2D eigenvalue weighted by Gasteiger charge is -2.28. The third-order valence-electron chi connectivity index (χ3n) is 5.05. The van der Waals surface area contributed by atoms with Crippen molar-refractivity contribution in [2.24, 2.45) is 5.92 Å². The maximum absolute atomic E-state index is 13.0. The van der Waals surface area contributed by atoms with Gasteiger partial charge in [-0.25, -0.2) is 4.98 Å². The summed E-state index contributed by atoms with van der Waals surface area (Å²) in [5, 5.41) is 21.6. The Hall–Kier alpha value is -3.09. The fourth-order valence-electron chi connectivity index (χ4n) is 3.30. The summed E-state index contributed by atoms with van der Waals surface area (Å²) in [4.78, 5) is 21.3. The van der Waals surface area contributed by atoms with Crippen LogP contribution in [-0.4, -0.2) is 33.2 Å². The number of methoxy groups -OCH3 is 1. The van der Waals surface area contributed by atoms with Crippen LogP contribution in [0.5, 0.6) is 5.75 Å². The summed E-state index contributed by atoms with van der Waals surface area (Å²) < 4.78 is 5.40. The highest BCUT2D eigenvalue weighted by atomic mass is 35.5. The molecule has 1 fully saturated rings. The quantitative estimate of drug-likeness (QED) is 0.590. The second kappa shape index (κ2) is 8.34. The number of nitrogens with one attached hydrogen (secondary N) is 1. The SMILES string of the molecule is COc1cnc(Cl)cc1-c1cc(C)ncc1C(=O)Nc1nnc([C@@H]2CC[C@H]2C#N)s1. The molecule has 3 aromatic heterocycles. The molecule has 0 saturated heterocycles. The van der Waals surface area contributed by atoms with Crippen molar-refractivity contribution in [1.82, 2.24) is 20.2 Å². The van der Waals surface area contributed by atoms with Crippen molar-refractivity contribution in [3.63, 3.8) is 0 Å². The van der Waals surface area contributed by atoms with E-state index in [1.165, 1.54) is 30.8 Å². The van der Waals surface area contributed by atoms with Gasteiger partial charge in [0.05, 0.1) is 30.9 Å². The van der Waals surface area contributed by atoms with Gasteiger partial charge in [-0.3, -0.25) is 15.1 Å². The molecule has 3 heterocycles. The fourth-order valence-corrected chi connectivity index (χ4v) is 4.40. The summed E-state index contributed by atoms with van der Waals surface area (Å²) in [6.45, 7) is 1.84. The first-order valence-corrected chi connectivity index (χ1v) is 10.4. The molecule has 152 valence electrons. The van der Waals surface area contributed by atoms with Gasteiger partial charge in [-0.1, -0.05) is 22.9 Å². The molecule has 0 bridgehead atoms. The highest BCUT2D eigenvalue weighted by Crippen LogP contribution is 2.43. The van der Waals surface area contributed by atoms with Crippen LogP contribution in [0, 0.1) is 24.2 Å². The third-order valence-corrected chi connectivity index (χ3v) is 6.23. The number of aryl methyl sites for hydroxylation is 1. The summed E-state index contributed by atoms with van der Waals surface area (Å²) >= 11 is 7.37. The average molecular weight is 441 g/mol. The molecule has 1 saturated carbocycles. The minimum Gasteiger partial charge on any atom is -0.494 e. The number of ether oxygens (including phenoxy) is 1. The maximum Gasteiger partial charge on any atom is 0.259 e. The first kappa shape index (κ1) is 20.2. The molecule has 10 heteroatoms. The molecular formula is C20H17ClN6O2S. The normalized spacial score (nSPS) is 17.7. The van der Waals surface area contributed by atoms with Gasteiger partial charge in [0.1, 0.15) is 15.9 Å². The topological polar surface area (TPSA) is 114 Å². The Morgan fingerprint density at radius 1 is 1.27 bits per heavy atom. The van der Waals surface area contributed by atoms with E-state index in [0.717, 1.165) is 23.5 Å². The van der Waals surface area contributed by atoms with Crippen LogP contribution in [0.1, 0.15) is 39.8 Å². The van der Waals surface area contributed by atoms with E-state index >= 15 is 0 Å². The van der Waals surface area contributed by atoms with Crippen LogP contribution < -0.4 is 10.1 Å². The predicted octanol–water partition coefficient (Wildman–Crippen LogP) is 4.24. The van der Waals surface area contributed by atoms with E-state index in [4.69, 9.17) is 21.6 Å². The molecule has 0 aliphatic heterocycles. The Balaban J connectivity index is 1.64. The van der Waals surface area contributed by atoms with E-state index < -0.39 is 0 Å². The number of nitrogens with zero attached hydrogens (tertiary/aromatic N) is 5. The second-order valence-corrected chi connectivity index (χ2v) is 8.29. The van der Waals surface area contributed by atoms with Gasteiger partial charge in [0.2, 0.25) is 5.13 Å². The van der Waals surface area contributed by atoms with Crippen molar-refractivity contribution in [2.75, 3.05) is 12.4 Å². The number of anilines is 1. The highest BCUT2D eigenvalue weighted by molar-refractivity contribution is 7.15. The molecule has 3 aromatic rings. The third kappa shape index (κ3) is 3.84. The Bertz CT molecular complexity index is 1160. The first-order valence-electron chi connectivity index (χ1n) is 9.21. The molecule has 1 amide bonds. The number of halogens is 1. The Kier molecular flexibility index (Phi) is 5.61. The molecule has 0 unspecified atom stereocenters. The van der Waals surface area contributed by atoms with Crippen LogP contribution in [0.15, 0.2) is 24.5 Å². The van der Waals surface area contributed by atoms with Crippen molar-refractivity contribution in [3.05, 3.63) is 45.9 Å². The van der Waals surface area contributed by atoms with E-state index in [0.29, 0.717) is 27.6 Å². The van der Waals surface area contributed by atoms with E-state index in [9.17, 15) is 4.79 Å². The van der Waals surface area contributed by atoms with Gasteiger partial charge in [-0.05, 0) is 31.9 Å². The Labute approximate surface area is 181 Å². The van der Waals surface area contributed by atoms with Crippen LogP contribution in [0.2, 0.25) is 5.15 Å². The number of carbonyl (C=O) groups is 1. The summed E-state index contributed by atoms with van der Waals surface area (Å²) in [6.07, 6.45) is 4.80. The van der Waals surface area contributed by atoms with E-state index in [2.05, 4.69) is 31.6 Å². The van der Waals surface area contributed by atoms with Gasteiger partial charge >= 0.3 is 0 Å². The fraction of sp³-hybridized carbons (Fsp3) is 0.300. The number of nitriles is 1. The number of amides is 1. The summed E-state index contributed by atoms with van der Waals surface area (Å²) in [7, 11) is 1.53. The van der Waals surface area contributed by atoms with Crippen molar-refractivity contribution >= 4 is 34.0 Å². The summed E-state index contributed by atoms with van der Waals surface area (Å²) in [5.41, 5.74) is 2.34. The van der Waals surface area contributed by atoms with Crippen LogP contribution in [0.4, 0.5) is 5.13 Å². The monoisotopic (exact) mass is 440 g/mol. The standard InChI is InChI=1S/C20H17ClN6O2S/c1-10-5-13(14-6-17(21)24-9-16(14)29-2)15(8-23-10)18(28)25-20-27-26-19(30-20)12-4-3-11(12)7-22/h5-6,8-9,11-12H,3-4H2,1-2H3,(H,25,27,28)/t11-,12+/m0/s1. The summed E-state index contributed by atoms with van der Waals surface area (Å²) in [6, 6.07) is 5.73. The predicted molar refractivity (Wildman–Crippen MR) is 113 cm³/mol. The molecule has 0 aromatic carbocycles. The summed E-state index contributed by atoms with van der Waals surface area (Å²) in [5.74, 6) is 0.182. The zero-order valence-corrected chi connectivity index (χ0v) is 17.8. The lowest BCUT2D eigenvalue weighted by atomic mass is 9.75. The number of pyridine rings is 2. The first-order chi connectivity index (χ1) is 14.5. The lowest BCUT2D eigenvalue weighted by Crippen LogP contribution is -2.21. The van der Waals surface area contributed by atoms with Crippen LogP contribution in [-0.2, 0) is 0 Å². The van der Waals surface area contributed by atoms with Crippen molar-refractivity contribution in [3.8, 4) is 22.9 Å². The minimum absolute atomic E-state index is 0.0293. The molecule has 30 heavy (non-hydrogen) atoms. The van der Waals surface area contributed by atoms with Crippen molar-refractivity contribution < 1.29 is 9.53 Å². The number of hydrogen-bond donors (Lipinski definition) is 1. The molecule has 4 rings (SSSR count). The maximum atomic E-state index is 13.0. The molecular weight excluding hydrogens is 424 g/mol. The van der Waals surface area contributed by atoms with Gasteiger partial charge < -0.3 is 4.74 Å². The molecule has 0 spiro atoms. The highest BCUT2D eigenvalue weighted by Gasteiger charge is 2.35. The van der Waals surface area contributed by atoms with E-state index in [1.54, 1.807) is 12.1 Å². The molecule has 0 radical (unpaired) electrons. The average Bonchev–Trinajstić information content (AvgIpc) is 3.14. The van der Waals surface area contributed by atoms with Gasteiger partial charge in [-0.2, -0.15) is 5.26 Å². The smallest absolute Gasteiger partial charge is 0.259 e. The Morgan fingerprint density at radius 2 is 2.10 bits per heavy atom. The number of carbonyl (C=O) groups excluding carboxylic acids is 1. The Morgan fingerprint density at radius 3 is 2.80 bits per heavy atom. The van der Waals surface area contributed by atoms with Crippen LogP contribution >= 0.6 is 22.9 Å². The van der Waals surface area contributed by atoms with Crippen LogP contribution in [0.3, 0.4) is 0 Å². The lowest BCUT2D eigenvalue weighted by molar-refractivity contribution is 0.102. The van der Waals surface area contributed by atoms with Crippen LogP contribution in [0.25, 0.3) is 11.1 Å². The molecule has 1 aliphatic rings. The van der Waals surface area contributed by atoms with E-state index in [-0.39, 0.29) is 22.9 Å². The molecule has 1 N–H and O–H groups in total. The van der Waals surface area contributed by atoms with Gasteiger partial charge in [-0.15, -0.1) is 10.2 Å². The van der Waals surface area contributed by atoms with Gasteiger partial charge in [0, 0.05) is 28.9 Å². The largest absolute Gasteiger partial charge is 0.494 e. The van der Waals surface area contributed by atoms with Gasteiger partial charge in [0.15, 0.2) is 0 Å². The van der Waals surface area contributed by atoms with Crippen molar-refractivity contribution in [1.29, 1.82) is 5.26 Å². The zero-order chi connectivity index (χ0) is 21.3. The van der Waals surface area contributed by atoms with Crippen molar-refractivity contribution in [2.45, 2.75) is 25.7 Å². The second-order valence-electron chi connectivity index (χ2n) is 6.90. The molecule has 8 nitrogen and oxygen atoms in total. The number of hydrogen-bond acceptors (Lipinski definition) is 8. The van der Waals surface area contributed by atoms with E-state index in [1.807, 2.05) is 6.92 Å². The molecule has 1 aliphatic carbocycles. The minimum atomic E-state index is -0.374. The van der Waals surface area contributed by atoms with Gasteiger partial charge in [0.25, 0.3) is 5.91 Å². The molecule has 2 atom stereocenters. The number of aromatic nitrogens is 4.